The number of aliphatic hydroxyl groups excluding tert-OH is 1. The molecule has 1 amide bonds. The van der Waals surface area contributed by atoms with E-state index in [-0.39, 0.29) is 5.56 Å². The van der Waals surface area contributed by atoms with Crippen LogP contribution in [0.5, 0.6) is 0 Å². The summed E-state index contributed by atoms with van der Waals surface area (Å²) in [7, 11) is 0. The Balaban J connectivity index is 2.11. The van der Waals surface area contributed by atoms with Crippen molar-refractivity contribution in [3.05, 3.63) is 70.5 Å². The van der Waals surface area contributed by atoms with Crippen molar-refractivity contribution in [3.63, 3.8) is 0 Å². The number of rotatable bonds is 4. The van der Waals surface area contributed by atoms with E-state index < -0.39 is 23.7 Å². The van der Waals surface area contributed by atoms with Crippen LogP contribution in [0.3, 0.4) is 0 Å². The number of amides is 1. The van der Waals surface area contributed by atoms with Gasteiger partial charge in [0.25, 0.3) is 5.91 Å². The predicted molar refractivity (Wildman–Crippen MR) is 80.1 cm³/mol. The Bertz CT molecular complexity index is 728. The molecule has 0 fully saturated rings. The fourth-order valence-electron chi connectivity index (χ4n) is 1.96. The first-order chi connectivity index (χ1) is 10.4. The molecule has 0 aliphatic rings. The fourth-order valence-corrected chi connectivity index (χ4v) is 1.96. The molecule has 2 N–H and O–H groups in total. The van der Waals surface area contributed by atoms with Gasteiger partial charge in [0.15, 0.2) is 6.23 Å². The molecule has 2 aromatic rings. The van der Waals surface area contributed by atoms with E-state index in [9.17, 15) is 19.1 Å². The summed E-state index contributed by atoms with van der Waals surface area (Å²) in [5.74, 6) is -1.87. The van der Waals surface area contributed by atoms with E-state index >= 15 is 0 Å². The molecular formula is C17H16FNO3. The number of carbonyl (C=O) groups excluding carboxylic acids is 2. The number of carbonyl (C=O) groups is 2. The zero-order valence-electron chi connectivity index (χ0n) is 12.3. The van der Waals surface area contributed by atoms with Crippen molar-refractivity contribution >= 4 is 11.7 Å². The third-order valence-corrected chi connectivity index (χ3v) is 3.25. The van der Waals surface area contributed by atoms with Crippen LogP contribution in [0.4, 0.5) is 4.39 Å². The molecule has 0 heterocycles. The lowest BCUT2D eigenvalue weighted by atomic mass is 10.1. The second kappa shape index (κ2) is 6.49. The summed E-state index contributed by atoms with van der Waals surface area (Å²) < 4.78 is 13.5. The standard InChI is InChI=1S/C17H16FNO3/c1-10-4-3-5-13(8-10)16(21)19-17(22)15(20)12-7-6-11(2)14(18)9-12/h3-9,17,22H,1-2H3,(H,19,21). The van der Waals surface area contributed by atoms with E-state index in [2.05, 4.69) is 5.32 Å². The van der Waals surface area contributed by atoms with Gasteiger partial charge < -0.3 is 10.4 Å². The largest absolute Gasteiger partial charge is 0.367 e. The topological polar surface area (TPSA) is 66.4 Å². The van der Waals surface area contributed by atoms with E-state index in [1.54, 1.807) is 25.1 Å². The average Bonchev–Trinajstić information content (AvgIpc) is 2.49. The third-order valence-electron chi connectivity index (χ3n) is 3.25. The Kier molecular flexibility index (Phi) is 4.68. The molecule has 1 unspecified atom stereocenters. The molecule has 22 heavy (non-hydrogen) atoms. The van der Waals surface area contributed by atoms with Crippen LogP contribution in [0.1, 0.15) is 31.8 Å². The lowest BCUT2D eigenvalue weighted by Gasteiger charge is -2.12. The minimum Gasteiger partial charge on any atom is -0.367 e. The van der Waals surface area contributed by atoms with Gasteiger partial charge in [-0.3, -0.25) is 9.59 Å². The normalized spacial score (nSPS) is 11.8. The smallest absolute Gasteiger partial charge is 0.253 e. The molecule has 114 valence electrons. The first kappa shape index (κ1) is 15.9. The number of benzene rings is 2. The van der Waals surface area contributed by atoms with Gasteiger partial charge in [-0.25, -0.2) is 4.39 Å². The highest BCUT2D eigenvalue weighted by Crippen LogP contribution is 2.11. The number of Topliss-reactive ketones (excluding diaryl/α,β-unsaturated/α-hetero) is 1. The molecule has 2 aromatic carbocycles. The minimum atomic E-state index is -1.73. The molecule has 0 aliphatic heterocycles. The van der Waals surface area contributed by atoms with Gasteiger partial charge in [0.2, 0.25) is 5.78 Å². The molecule has 1 atom stereocenters. The Hall–Kier alpha value is -2.53. The summed E-state index contributed by atoms with van der Waals surface area (Å²) >= 11 is 0. The molecule has 0 radical (unpaired) electrons. The minimum absolute atomic E-state index is 0.000132. The Morgan fingerprint density at radius 2 is 1.82 bits per heavy atom. The van der Waals surface area contributed by atoms with Crippen LogP contribution in [0, 0.1) is 19.7 Å². The molecule has 0 aliphatic carbocycles. The van der Waals surface area contributed by atoms with E-state index in [1.807, 2.05) is 13.0 Å². The maximum Gasteiger partial charge on any atom is 0.253 e. The van der Waals surface area contributed by atoms with Gasteiger partial charge in [0.1, 0.15) is 5.82 Å². The van der Waals surface area contributed by atoms with Gasteiger partial charge in [-0.15, -0.1) is 0 Å². The van der Waals surface area contributed by atoms with Gasteiger partial charge in [-0.2, -0.15) is 0 Å². The van der Waals surface area contributed by atoms with Gasteiger partial charge >= 0.3 is 0 Å². The van der Waals surface area contributed by atoms with Gasteiger partial charge in [0, 0.05) is 11.1 Å². The number of nitrogens with one attached hydrogen (secondary N) is 1. The summed E-state index contributed by atoms with van der Waals surface area (Å²) in [6.07, 6.45) is -1.73. The fraction of sp³-hybridized carbons (Fsp3) is 0.176. The van der Waals surface area contributed by atoms with Crippen LogP contribution < -0.4 is 5.32 Å². The molecule has 0 saturated heterocycles. The summed E-state index contributed by atoms with van der Waals surface area (Å²) in [6.45, 7) is 3.40. The lowest BCUT2D eigenvalue weighted by molar-refractivity contribution is 0.0607. The third kappa shape index (κ3) is 3.56. The second-order valence-corrected chi connectivity index (χ2v) is 5.07. The molecular weight excluding hydrogens is 285 g/mol. The van der Waals surface area contributed by atoms with Crippen LogP contribution >= 0.6 is 0 Å². The predicted octanol–water partition coefficient (Wildman–Crippen LogP) is 2.37. The van der Waals surface area contributed by atoms with Crippen molar-refractivity contribution in [2.45, 2.75) is 20.1 Å². The first-order valence-electron chi connectivity index (χ1n) is 6.74. The second-order valence-electron chi connectivity index (χ2n) is 5.07. The maximum atomic E-state index is 13.5. The van der Waals surface area contributed by atoms with Gasteiger partial charge in [0.05, 0.1) is 0 Å². The number of hydrogen-bond donors (Lipinski definition) is 2. The Labute approximate surface area is 127 Å². The molecule has 0 bridgehead atoms. The average molecular weight is 301 g/mol. The summed E-state index contributed by atoms with van der Waals surface area (Å²) in [5, 5.41) is 12.0. The van der Waals surface area contributed by atoms with Gasteiger partial charge in [-0.1, -0.05) is 29.8 Å². The summed E-state index contributed by atoms with van der Waals surface area (Å²) in [5.41, 5.74) is 1.62. The highest BCUT2D eigenvalue weighted by Gasteiger charge is 2.20. The van der Waals surface area contributed by atoms with E-state index in [1.165, 1.54) is 12.1 Å². The quantitative estimate of drug-likeness (QED) is 0.673. The van der Waals surface area contributed by atoms with Crippen LogP contribution in [0.15, 0.2) is 42.5 Å². The van der Waals surface area contributed by atoms with E-state index in [4.69, 9.17) is 0 Å². The Morgan fingerprint density at radius 3 is 2.45 bits per heavy atom. The van der Waals surface area contributed by atoms with E-state index in [0.717, 1.165) is 11.6 Å². The first-order valence-corrected chi connectivity index (χ1v) is 6.74. The van der Waals surface area contributed by atoms with Crippen molar-refractivity contribution < 1.29 is 19.1 Å². The van der Waals surface area contributed by atoms with Crippen LogP contribution in [0.25, 0.3) is 0 Å². The molecule has 0 spiro atoms. The zero-order valence-corrected chi connectivity index (χ0v) is 12.3. The molecule has 4 nitrogen and oxygen atoms in total. The van der Waals surface area contributed by atoms with E-state index in [0.29, 0.717) is 11.1 Å². The van der Waals surface area contributed by atoms with Crippen molar-refractivity contribution in [1.29, 1.82) is 0 Å². The molecule has 0 saturated carbocycles. The number of ketones is 1. The number of hydrogen-bond acceptors (Lipinski definition) is 3. The van der Waals surface area contributed by atoms with Crippen LogP contribution in [-0.4, -0.2) is 23.0 Å². The molecule has 0 aromatic heterocycles. The SMILES string of the molecule is Cc1cccc(C(=O)NC(O)C(=O)c2ccc(C)c(F)c2)c1. The highest BCUT2D eigenvalue weighted by molar-refractivity contribution is 6.03. The van der Waals surface area contributed by atoms with Gasteiger partial charge in [-0.05, 0) is 37.6 Å². The molecule has 5 heteroatoms. The Morgan fingerprint density at radius 1 is 1.09 bits per heavy atom. The van der Waals surface area contributed by atoms with Crippen molar-refractivity contribution in [3.8, 4) is 0 Å². The number of aliphatic hydroxyl groups is 1. The summed E-state index contributed by atoms with van der Waals surface area (Å²) in [4.78, 5) is 24.0. The molecule has 2 rings (SSSR count). The highest BCUT2D eigenvalue weighted by atomic mass is 19.1. The summed E-state index contributed by atoms with van der Waals surface area (Å²) in [6, 6.07) is 10.6. The van der Waals surface area contributed by atoms with Crippen LogP contribution in [0.2, 0.25) is 0 Å². The number of aryl methyl sites for hydroxylation is 2. The van der Waals surface area contributed by atoms with Crippen molar-refractivity contribution in [1.82, 2.24) is 5.32 Å². The maximum absolute atomic E-state index is 13.5. The number of halogens is 1. The lowest BCUT2D eigenvalue weighted by Crippen LogP contribution is -2.40. The zero-order chi connectivity index (χ0) is 16.3. The monoisotopic (exact) mass is 301 g/mol. The van der Waals surface area contributed by atoms with Crippen LogP contribution in [-0.2, 0) is 0 Å². The van der Waals surface area contributed by atoms with Crippen molar-refractivity contribution in [2.75, 3.05) is 0 Å². The van der Waals surface area contributed by atoms with Crippen molar-refractivity contribution in [2.24, 2.45) is 0 Å².